The van der Waals surface area contributed by atoms with Crippen LogP contribution in [0.4, 0.5) is 22.4 Å². The number of esters is 1. The number of carboxylic acid groups (broad SMARTS) is 2. The Bertz CT molecular complexity index is 3150. The second-order valence-corrected chi connectivity index (χ2v) is 23.8. The average Bonchev–Trinajstić information content (AvgIpc) is 0.830. The van der Waals surface area contributed by atoms with Gasteiger partial charge in [-0.15, -0.1) is 5.10 Å². The summed E-state index contributed by atoms with van der Waals surface area (Å²) >= 11 is 0. The number of hydrogen-bond donors (Lipinski definition) is 11. The van der Waals surface area contributed by atoms with E-state index in [1.807, 2.05) is 4.90 Å². The molecule has 0 radical (unpaired) electrons. The largest absolute Gasteiger partial charge is 0.480 e. The third-order valence-corrected chi connectivity index (χ3v) is 15.6. The molecular weight excluding hydrogens is 1460 g/mol. The van der Waals surface area contributed by atoms with E-state index < -0.39 is 169 Å². The quantitative estimate of drug-likeness (QED) is 0.00571. The van der Waals surface area contributed by atoms with E-state index in [1.165, 1.54) is 25.1 Å². The number of carbonyl (C=O) groups is 6. The Labute approximate surface area is 618 Å². The Hall–Kier alpha value is -8.32. The maximum atomic E-state index is 13.7. The van der Waals surface area contributed by atoms with E-state index >= 15 is 0 Å². The van der Waals surface area contributed by atoms with Crippen LogP contribution in [0, 0.1) is 29.2 Å². The van der Waals surface area contributed by atoms with Gasteiger partial charge in [-0.3, -0.25) is 19.3 Å². The number of nitrogens with zero attached hydrogens (tertiary/aromatic N) is 8. The first-order valence-corrected chi connectivity index (χ1v) is 34.1. The Morgan fingerprint density at radius 2 is 1.06 bits per heavy atom. The number of carboxylic acids is 2. The summed E-state index contributed by atoms with van der Waals surface area (Å²) in [5, 5.41) is 71.6. The van der Waals surface area contributed by atoms with Crippen LogP contribution in [0.2, 0.25) is 0 Å². The topological polar surface area (TPSA) is 544 Å². The van der Waals surface area contributed by atoms with Crippen molar-refractivity contribution in [3.63, 3.8) is 0 Å². The minimum atomic E-state index is -1.85. The van der Waals surface area contributed by atoms with Crippen molar-refractivity contribution in [3.05, 3.63) is 64.9 Å². The van der Waals surface area contributed by atoms with E-state index in [9.17, 15) is 77.0 Å². The summed E-state index contributed by atoms with van der Waals surface area (Å²) in [4.78, 5) is 87.2. The van der Waals surface area contributed by atoms with Crippen molar-refractivity contribution in [2.75, 3.05) is 192 Å². The molecule has 2 aromatic rings. The van der Waals surface area contributed by atoms with Gasteiger partial charge in [-0.25, -0.2) is 37.8 Å². The molecule has 4 rings (SSSR count). The Morgan fingerprint density at radius 1 is 0.611 bits per heavy atom. The van der Waals surface area contributed by atoms with Gasteiger partial charge in [0, 0.05) is 65.7 Å². The molecule has 0 saturated carbocycles. The molecule has 0 spiro atoms. The number of likely N-dealkylation sites (N-methyl/N-ethyl adjacent to an activating group) is 2. The smallest absolute Gasteiger partial charge is 0.410 e. The molecule has 40 nitrogen and oxygen atoms in total. The number of guanidine groups is 2. The summed E-state index contributed by atoms with van der Waals surface area (Å²) in [6, 6.07) is -3.46. The van der Waals surface area contributed by atoms with Gasteiger partial charge < -0.3 is 140 Å². The van der Waals surface area contributed by atoms with E-state index in [4.69, 9.17) is 89.3 Å². The van der Waals surface area contributed by atoms with E-state index in [2.05, 4.69) is 30.4 Å². The zero-order chi connectivity index (χ0) is 79.5. The number of aliphatic imine (C=N–C) groups is 2. The number of carbonyl (C=O) groups excluding carboxylic acids is 4. The van der Waals surface area contributed by atoms with E-state index in [1.54, 1.807) is 17.8 Å². The Morgan fingerprint density at radius 3 is 1.56 bits per heavy atom. The SMILES string of the molecule is CC(=O)N[C@@H]1[C@@H](N=C(N)N)C=C(C(=O)O)O[C@H]1C(OC(=O)N(C)CCOCCN(CCOCCOCCOCCOCc1cn(CCOCCOCCOCCOCCC(=O)Oc2c(F)c(F)cc(F)c2F)nn1)CCOCCN(C)C(=O)CO[C@@H]([C@@H]1OC(C(=O)O)=C[C@H](N=C(N)N)[C@H]1C)[C@H](O)CO)[C@H](O)CO. The number of aliphatic hydroxyl groups is 4. The van der Waals surface area contributed by atoms with Gasteiger partial charge in [-0.2, -0.15) is 8.78 Å². The molecule has 108 heavy (non-hydrogen) atoms. The van der Waals surface area contributed by atoms with Crippen LogP contribution in [0.15, 0.2) is 45.9 Å². The van der Waals surface area contributed by atoms with Crippen molar-refractivity contribution in [2.45, 2.75) is 88.2 Å². The molecular formula is C64H101F4N13O27. The van der Waals surface area contributed by atoms with Gasteiger partial charge in [-0.1, -0.05) is 12.1 Å². The van der Waals surface area contributed by atoms with Crippen molar-refractivity contribution in [3.8, 4) is 5.75 Å². The first kappa shape index (κ1) is 92.1. The molecule has 0 saturated heterocycles. The molecule has 15 N–H and O–H groups in total. The fraction of sp³-hybridized carbons (Fsp3) is 0.688. The number of rotatable bonds is 57. The summed E-state index contributed by atoms with van der Waals surface area (Å²) in [5.41, 5.74) is 22.9. The summed E-state index contributed by atoms with van der Waals surface area (Å²) in [6.07, 6.45) is -6.98. The lowest BCUT2D eigenvalue weighted by molar-refractivity contribution is -0.164. The number of aromatic nitrogens is 3. The Kier molecular flexibility index (Phi) is 43.6. The molecule has 3 amide bonds. The zero-order valence-corrected chi connectivity index (χ0v) is 60.5. The van der Waals surface area contributed by atoms with Gasteiger partial charge >= 0.3 is 24.0 Å². The highest BCUT2D eigenvalue weighted by atomic mass is 19.2. The molecule has 0 fully saturated rings. The molecule has 2 aliphatic rings. The van der Waals surface area contributed by atoms with Crippen molar-refractivity contribution in [1.82, 2.24) is 35.0 Å². The van der Waals surface area contributed by atoms with Crippen LogP contribution in [0.5, 0.6) is 5.75 Å². The van der Waals surface area contributed by atoms with Crippen LogP contribution in [-0.2, 0) is 103 Å². The number of benzene rings is 1. The van der Waals surface area contributed by atoms with Gasteiger partial charge in [0.15, 0.2) is 35.8 Å². The van der Waals surface area contributed by atoms with E-state index in [0.29, 0.717) is 51.7 Å². The number of nitrogens with one attached hydrogen (secondary N) is 1. The molecule has 1 unspecified atom stereocenters. The minimum absolute atomic E-state index is 0.00257. The number of aliphatic carboxylic acids is 2. The fourth-order valence-corrected chi connectivity index (χ4v) is 9.86. The van der Waals surface area contributed by atoms with Crippen molar-refractivity contribution >= 4 is 47.7 Å². The predicted molar refractivity (Wildman–Crippen MR) is 364 cm³/mol. The number of ether oxygens (including phenoxy) is 15. The van der Waals surface area contributed by atoms with Gasteiger partial charge in [-0.05, 0) is 12.2 Å². The zero-order valence-electron chi connectivity index (χ0n) is 60.5. The lowest BCUT2D eigenvalue weighted by Gasteiger charge is -2.40. The third kappa shape index (κ3) is 34.5. The number of aliphatic hydroxyl groups excluding tert-OH is 4. The van der Waals surface area contributed by atoms with Crippen molar-refractivity contribution in [1.29, 1.82) is 0 Å². The molecule has 1 aromatic heterocycles. The first-order valence-electron chi connectivity index (χ1n) is 34.1. The molecule has 612 valence electrons. The minimum Gasteiger partial charge on any atom is -0.480 e. The van der Waals surface area contributed by atoms with Crippen LogP contribution in [-0.4, -0.2) is 355 Å². The maximum Gasteiger partial charge on any atom is 0.410 e. The molecule has 0 bridgehead atoms. The second-order valence-electron chi connectivity index (χ2n) is 23.8. The lowest BCUT2D eigenvalue weighted by Crippen LogP contribution is -2.61. The lowest BCUT2D eigenvalue weighted by atomic mass is 9.87. The third-order valence-electron chi connectivity index (χ3n) is 15.6. The van der Waals surface area contributed by atoms with Crippen molar-refractivity contribution < 1.29 is 148 Å². The average molecular weight is 1560 g/mol. The van der Waals surface area contributed by atoms with Gasteiger partial charge in [0.2, 0.25) is 40.7 Å². The summed E-state index contributed by atoms with van der Waals surface area (Å²) in [7, 11) is 2.84. The van der Waals surface area contributed by atoms with Crippen LogP contribution in [0.25, 0.3) is 0 Å². The second kappa shape index (κ2) is 51.1. The van der Waals surface area contributed by atoms with Gasteiger partial charge in [0.25, 0.3) is 0 Å². The maximum absolute atomic E-state index is 13.7. The predicted octanol–water partition coefficient (Wildman–Crippen LogP) is -4.06. The molecule has 1 aromatic carbocycles. The van der Waals surface area contributed by atoms with Crippen LogP contribution < -0.4 is 33.0 Å². The fourth-order valence-electron chi connectivity index (χ4n) is 9.86. The van der Waals surface area contributed by atoms with E-state index in [0.717, 1.165) is 17.9 Å². The summed E-state index contributed by atoms with van der Waals surface area (Å²) in [6.45, 7) is 5.80. The number of halogens is 4. The van der Waals surface area contributed by atoms with Crippen molar-refractivity contribution in [2.24, 2.45) is 38.8 Å². The summed E-state index contributed by atoms with van der Waals surface area (Å²) in [5.74, 6) is -16.6. The van der Waals surface area contributed by atoms with Crippen LogP contribution in [0.3, 0.4) is 0 Å². The van der Waals surface area contributed by atoms with Crippen LogP contribution >= 0.6 is 0 Å². The highest BCUT2D eigenvalue weighted by molar-refractivity contribution is 5.86. The summed E-state index contributed by atoms with van der Waals surface area (Å²) < 4.78 is 139. The van der Waals surface area contributed by atoms with Gasteiger partial charge in [0.05, 0.1) is 183 Å². The highest BCUT2D eigenvalue weighted by Crippen LogP contribution is 2.32. The molecule has 44 heteroatoms. The first-order chi connectivity index (χ1) is 51.6. The molecule has 0 aliphatic carbocycles. The normalized spacial score (nSPS) is 18.1. The number of hydrogen-bond acceptors (Lipinski definition) is 30. The molecule has 2 aliphatic heterocycles. The van der Waals surface area contributed by atoms with Gasteiger partial charge in [0.1, 0.15) is 36.7 Å². The molecule has 10 atom stereocenters. The standard InChI is InChI=1S/C64H101F4N13O27/c1-39-44(74-62(69)70)32-48(60(89)90)105-55(39)56(46(85)35-82)104-38-50(87)78(3)6-13-95-15-8-80(9-16-96-14-7-79(4)64(93)108-57(47(86)36-83)59-54(73-40(2)84)45(75-63(71)72)33-49(106-59)61(91)92)10-17-97-20-23-100-27-28-102-29-30-103-37-41-34-81(77-76-41)11-18-98-21-24-101-26-25-99-22-19-94-12-5-51(88)107-58-52(67)42(65)31-43(66)53(58)68/h31-34,39,44-47,54-57,59,82-83,85-86H,5-30,35-38H2,1-4H3,(H,73,84)(H,89,90)(H,91,92)(H4,69,70,74)(H4,71,72,75)/t39-,44+,45+,46-,47-,54-,55-,56-,57?,59-/m1/s1. The Balaban J connectivity index is 1.13. The highest BCUT2D eigenvalue weighted by Gasteiger charge is 2.47. The number of nitrogens with two attached hydrogens (primary N) is 4. The molecule has 3 heterocycles. The van der Waals surface area contributed by atoms with E-state index in [-0.39, 0.29) is 137 Å². The number of amides is 3. The monoisotopic (exact) mass is 1560 g/mol. The van der Waals surface area contributed by atoms with Crippen LogP contribution in [0.1, 0.15) is 26.0 Å².